The zero-order valence-corrected chi connectivity index (χ0v) is 76.8. The quantitative estimate of drug-likeness (QED) is 0.0118. The smallest absolute Gasteiger partial charge is 0.292 e. The SMILES string of the molecule is N#COCCCCCCCCCCCCN=C=O.N#COCCCCCCN=C=O.N#COc1ccc(N=C=O)cc1.N#COc1cccc(N=C=O)c1.N#CSCCCN=C=S.N#CSCCCOCCCCOCCCN=C=S.N#CSCCOCCOCCN=C=S.NCCCN.NCCCOCCCCOCCCN.NCCOCCOCCN. The molecule has 124 heavy (non-hydrogen) atoms. The number of rotatable bonds is 70. The van der Waals surface area contributed by atoms with Crippen LogP contribution >= 0.6 is 71.9 Å². The second kappa shape index (κ2) is 138. The standard InChI is InChI=1S/C14H24N2O2.C12H20N2O2S2.C10H24N2O2.C8H12N2O2S2.2C8H4N2O2.C8H12N2O2.C6H16N2O2.C5H6N2S2.C3H10N2/c15-13-18-12-10-8-6-4-2-1-3-5-7-9-11-16-14-17;13-11-18-10-4-9-16-7-2-1-6-15-8-3-5-14-12-17;11-5-3-9-13-7-1-2-8-14-10-4-6-12;9-7-14-6-5-12-4-3-11-2-1-10-8-13;9-5-12-8-3-1-7(2-4-8)10-6-11;9-5-12-8-3-1-2-7(4-8)10-6-11;9-7-12-6-4-2-1-3-5-10-8-11;7-1-3-9-5-6-10-4-2-8;6-4-9-3-1-2-7-5-8;4-2-1-3-5/h1-12H2;1-10H2;1-12H2;1-6H2;2*1-4H;1-6H2;1-8H2;1-3H2;1-5H2. The van der Waals surface area contributed by atoms with Crippen molar-refractivity contribution in [1.29, 1.82) is 36.8 Å². The van der Waals surface area contributed by atoms with Gasteiger partial charge >= 0.3 is 0 Å². The highest BCUT2D eigenvalue weighted by molar-refractivity contribution is 8.04. The number of ether oxygens (including phenoxy) is 12. The number of unbranched alkanes of at least 4 members (excludes halogenated alkanes) is 14. The number of nitrogens with zero attached hydrogens (tertiary/aromatic N) is 14. The van der Waals surface area contributed by atoms with E-state index in [1.54, 1.807) is 61.1 Å². The van der Waals surface area contributed by atoms with Crippen molar-refractivity contribution in [3.8, 4) is 52.7 Å². The summed E-state index contributed by atoms with van der Waals surface area (Å²) in [4.78, 5) is 63.9. The summed E-state index contributed by atoms with van der Waals surface area (Å²) in [5.74, 6) is 3.16. The second-order valence-corrected chi connectivity index (χ2v) is 26.7. The lowest BCUT2D eigenvalue weighted by atomic mass is 10.1. The number of thioether (sulfide) groups is 3. The second-order valence-electron chi connectivity index (χ2n) is 23.5. The van der Waals surface area contributed by atoms with Crippen molar-refractivity contribution in [3.63, 3.8) is 0 Å². The number of carbonyl (C=O) groups excluding carboxylic acids is 4. The summed E-state index contributed by atoms with van der Waals surface area (Å²) in [6.45, 7) is 19.1. The Bertz CT molecular complexity index is 3200. The van der Waals surface area contributed by atoms with Gasteiger partial charge in [0.2, 0.25) is 24.3 Å². The van der Waals surface area contributed by atoms with Crippen LogP contribution in [-0.4, -0.2) is 248 Å². The van der Waals surface area contributed by atoms with E-state index in [0.29, 0.717) is 154 Å². The van der Waals surface area contributed by atoms with E-state index in [-0.39, 0.29) is 0 Å². The summed E-state index contributed by atoms with van der Waals surface area (Å²) in [5, 5.41) is 69.9. The molecule has 2 aromatic carbocycles. The van der Waals surface area contributed by atoms with Crippen LogP contribution in [0.4, 0.5) is 11.4 Å². The normalized spacial score (nSPS) is 9.06. The van der Waals surface area contributed by atoms with Crippen LogP contribution < -0.4 is 43.9 Å². The third-order valence-electron chi connectivity index (χ3n) is 13.6. The van der Waals surface area contributed by atoms with E-state index in [1.807, 2.05) is 16.2 Å². The lowest BCUT2D eigenvalue weighted by molar-refractivity contribution is 0.0538. The monoisotopic (exact) mass is 1840 g/mol. The van der Waals surface area contributed by atoms with Crippen molar-refractivity contribution in [3.05, 3.63) is 48.5 Å². The first kappa shape index (κ1) is 131. The van der Waals surface area contributed by atoms with E-state index in [9.17, 15) is 19.2 Å². The van der Waals surface area contributed by atoms with Gasteiger partial charge in [-0.05, 0) is 231 Å². The van der Waals surface area contributed by atoms with Crippen LogP contribution in [0.1, 0.15) is 154 Å². The average Bonchev–Trinajstić information content (AvgIpc) is 0.897. The van der Waals surface area contributed by atoms with Gasteiger partial charge in [0, 0.05) is 89.3 Å². The van der Waals surface area contributed by atoms with Crippen LogP contribution in [0.5, 0.6) is 11.5 Å². The van der Waals surface area contributed by atoms with Gasteiger partial charge in [-0.2, -0.15) is 36.3 Å². The number of aliphatic imine (C=N–C) groups is 7. The first-order valence-electron chi connectivity index (χ1n) is 40.6. The maximum Gasteiger partial charge on any atom is 0.292 e. The number of nitriles is 7. The molecule has 0 atom stereocenters. The minimum absolute atomic E-state index is 0.356. The highest BCUT2D eigenvalue weighted by atomic mass is 32.2. The van der Waals surface area contributed by atoms with Crippen LogP contribution in [0.2, 0.25) is 0 Å². The minimum atomic E-state index is 0.356. The fourth-order valence-corrected chi connectivity index (χ4v) is 9.08. The third kappa shape index (κ3) is 145. The average molecular weight is 1850 g/mol. The summed E-state index contributed by atoms with van der Waals surface area (Å²) in [7, 11) is 0. The van der Waals surface area contributed by atoms with Gasteiger partial charge in [0.05, 0.1) is 112 Å². The molecule has 2 aromatic rings. The number of hydrogen-bond acceptors (Lipinski definition) is 42. The Kier molecular flexibility index (Phi) is 145. The molecule has 12 N–H and O–H groups in total. The topological polar surface area (TPSA) is 588 Å². The molecule has 0 saturated heterocycles. The number of benzene rings is 2. The van der Waals surface area contributed by atoms with E-state index < -0.39 is 0 Å². The molecule has 0 spiro atoms. The van der Waals surface area contributed by atoms with Crippen molar-refractivity contribution < 1.29 is 76.0 Å². The highest BCUT2D eigenvalue weighted by Gasteiger charge is 2.00. The maximum atomic E-state index is 9.85. The largest absolute Gasteiger partial charge is 0.428 e. The molecular formula is C82H132N20O16S6. The predicted octanol–water partition coefficient (Wildman–Crippen LogP) is 12.8. The molecule has 692 valence electrons. The molecule has 0 fully saturated rings. The number of isocyanates is 4. The Labute approximate surface area is 764 Å². The number of nitrogens with two attached hydrogens (primary N) is 6. The molecule has 0 aromatic heterocycles. The minimum Gasteiger partial charge on any atom is -0.428 e. The van der Waals surface area contributed by atoms with Crippen molar-refractivity contribution in [2.45, 2.75) is 154 Å². The number of hydrogen-bond donors (Lipinski definition) is 6. The van der Waals surface area contributed by atoms with E-state index >= 15 is 0 Å². The zero-order chi connectivity index (χ0) is 93.0. The molecule has 36 nitrogen and oxygen atoms in total. The van der Waals surface area contributed by atoms with Gasteiger partial charge < -0.3 is 91.2 Å². The molecule has 0 bridgehead atoms. The molecular weight excluding hydrogens is 1710 g/mol. The predicted molar refractivity (Wildman–Crippen MR) is 496 cm³/mol. The van der Waals surface area contributed by atoms with Crippen LogP contribution in [-0.2, 0) is 66.5 Å². The van der Waals surface area contributed by atoms with Gasteiger partial charge in [-0.15, -0.1) is 10.5 Å². The van der Waals surface area contributed by atoms with E-state index in [2.05, 4.69) is 106 Å². The molecule has 0 amide bonds. The molecule has 0 aliphatic rings. The Morgan fingerprint density at radius 1 is 0.282 bits per heavy atom. The van der Waals surface area contributed by atoms with Gasteiger partial charge in [0.25, 0.3) is 25.0 Å². The fourth-order valence-electron chi connectivity index (χ4n) is 7.80. The van der Waals surface area contributed by atoms with E-state index in [4.69, 9.17) is 109 Å². The summed E-state index contributed by atoms with van der Waals surface area (Å²) in [6, 6.07) is 12.5. The molecule has 0 radical (unpaired) electrons. The zero-order valence-electron chi connectivity index (χ0n) is 71.9. The summed E-state index contributed by atoms with van der Waals surface area (Å²) < 4.78 is 60.1. The fraction of sp³-hybridized carbons (Fsp3) is 0.683. The highest BCUT2D eigenvalue weighted by Crippen LogP contribution is 2.19. The molecule has 2 rings (SSSR count). The molecule has 0 unspecified atom stereocenters. The lowest BCUT2D eigenvalue weighted by Gasteiger charge is -2.04. The van der Waals surface area contributed by atoms with Crippen LogP contribution in [0, 0.1) is 78.1 Å². The Morgan fingerprint density at radius 2 is 0.629 bits per heavy atom. The number of thiocyanates is 3. The van der Waals surface area contributed by atoms with Crippen molar-refractivity contribution >= 4 is 123 Å². The molecule has 0 aliphatic carbocycles. The van der Waals surface area contributed by atoms with Crippen molar-refractivity contribution in [1.82, 2.24) is 0 Å². The van der Waals surface area contributed by atoms with Crippen molar-refractivity contribution in [2.75, 3.05) is 208 Å². The van der Waals surface area contributed by atoms with Gasteiger partial charge in [-0.25, -0.2) is 44.1 Å². The third-order valence-corrected chi connectivity index (χ3v) is 15.7. The maximum absolute atomic E-state index is 9.85. The summed E-state index contributed by atoms with van der Waals surface area (Å²) in [6.07, 6.45) is 37.7. The Balaban J connectivity index is -0.000000203. The number of isothiocyanates is 3. The first-order chi connectivity index (χ1) is 61.0. The molecule has 0 aliphatic heterocycles. The number of thiocarbonyl (C=S) groups is 3. The van der Waals surface area contributed by atoms with Gasteiger partial charge in [0.15, 0.2) is 0 Å². The Hall–Kier alpha value is -8.52. The molecule has 0 heterocycles. The van der Waals surface area contributed by atoms with Crippen LogP contribution in [0.25, 0.3) is 0 Å². The van der Waals surface area contributed by atoms with Crippen molar-refractivity contribution in [2.24, 2.45) is 69.3 Å². The summed E-state index contributed by atoms with van der Waals surface area (Å²) in [5.41, 5.74) is 32.0. The van der Waals surface area contributed by atoms with Gasteiger partial charge in [0.1, 0.15) is 40.9 Å². The van der Waals surface area contributed by atoms with E-state index in [1.165, 1.54) is 111 Å². The summed E-state index contributed by atoms with van der Waals surface area (Å²) >= 11 is 16.9. The lowest BCUT2D eigenvalue weighted by Crippen LogP contribution is -2.14. The molecule has 42 heteroatoms. The molecule has 0 saturated carbocycles. The van der Waals surface area contributed by atoms with Crippen LogP contribution in [0.3, 0.4) is 0 Å². The van der Waals surface area contributed by atoms with Gasteiger partial charge in [-0.1, -0.05) is 63.9 Å². The first-order valence-corrected chi connectivity index (χ1v) is 44.8. The Morgan fingerprint density at radius 3 is 1.03 bits per heavy atom. The van der Waals surface area contributed by atoms with E-state index in [0.717, 1.165) is 193 Å². The van der Waals surface area contributed by atoms with Crippen LogP contribution in [0.15, 0.2) is 83.5 Å². The van der Waals surface area contributed by atoms with Gasteiger partial charge in [-0.3, -0.25) is 0 Å².